The Kier molecular flexibility index (Phi) is 4.77. The van der Waals surface area contributed by atoms with Crippen LogP contribution in [0.1, 0.15) is 15.9 Å². The number of aromatic carboxylic acids is 1. The van der Waals surface area contributed by atoms with E-state index in [-0.39, 0.29) is 17.8 Å². The maximum absolute atomic E-state index is 12.5. The Morgan fingerprint density at radius 2 is 2.00 bits per heavy atom. The van der Waals surface area contributed by atoms with Crippen LogP contribution in [0.5, 0.6) is 0 Å². The summed E-state index contributed by atoms with van der Waals surface area (Å²) in [6, 6.07) is 4.14. The fourth-order valence-corrected chi connectivity index (χ4v) is 1.71. The predicted octanol–water partition coefficient (Wildman–Crippen LogP) is 2.05. The maximum Gasteiger partial charge on any atom is 0.405 e. The van der Waals surface area contributed by atoms with E-state index >= 15 is 0 Å². The summed E-state index contributed by atoms with van der Waals surface area (Å²) in [5, 5.41) is 17.8. The number of aliphatic hydroxyl groups is 1. The first kappa shape index (κ1) is 15.3. The number of alkyl halides is 3. The molecule has 0 fully saturated rings. The summed E-state index contributed by atoms with van der Waals surface area (Å²) in [5.41, 5.74) is 0.382. The van der Waals surface area contributed by atoms with E-state index in [0.717, 1.165) is 4.90 Å². The van der Waals surface area contributed by atoms with Crippen molar-refractivity contribution in [2.75, 3.05) is 24.6 Å². The van der Waals surface area contributed by atoms with Gasteiger partial charge < -0.3 is 15.1 Å². The van der Waals surface area contributed by atoms with Crippen molar-refractivity contribution in [1.29, 1.82) is 0 Å². The molecule has 0 aliphatic heterocycles. The molecule has 0 atom stereocenters. The number of aryl methyl sites for hydroxylation is 1. The van der Waals surface area contributed by atoms with Gasteiger partial charge in [0.25, 0.3) is 0 Å². The number of carboxylic acid groups (broad SMARTS) is 1. The Labute approximate surface area is 108 Å². The zero-order valence-corrected chi connectivity index (χ0v) is 10.2. The first-order valence-electron chi connectivity index (χ1n) is 5.51. The highest BCUT2D eigenvalue weighted by molar-refractivity contribution is 5.94. The Bertz CT molecular complexity index is 460. The number of aliphatic hydroxyl groups excluding tert-OH is 1. The molecule has 0 amide bonds. The minimum atomic E-state index is -4.48. The number of rotatable bonds is 5. The Morgan fingerprint density at radius 1 is 1.37 bits per heavy atom. The molecular formula is C12H14F3NO3. The van der Waals surface area contributed by atoms with Gasteiger partial charge in [0.15, 0.2) is 0 Å². The second-order valence-electron chi connectivity index (χ2n) is 4.09. The van der Waals surface area contributed by atoms with Crippen LogP contribution in [0.4, 0.5) is 18.9 Å². The topological polar surface area (TPSA) is 60.8 Å². The van der Waals surface area contributed by atoms with E-state index in [1.165, 1.54) is 18.2 Å². The molecule has 0 bridgehead atoms. The van der Waals surface area contributed by atoms with E-state index in [0.29, 0.717) is 5.56 Å². The van der Waals surface area contributed by atoms with E-state index in [9.17, 15) is 18.0 Å². The Morgan fingerprint density at radius 3 is 2.47 bits per heavy atom. The van der Waals surface area contributed by atoms with Crippen LogP contribution in [0.2, 0.25) is 0 Å². The molecule has 19 heavy (non-hydrogen) atoms. The molecule has 1 aromatic carbocycles. The molecule has 0 heterocycles. The first-order valence-corrected chi connectivity index (χ1v) is 5.51. The van der Waals surface area contributed by atoms with E-state index in [1.807, 2.05) is 0 Å². The van der Waals surface area contributed by atoms with Crippen LogP contribution in [-0.2, 0) is 0 Å². The third-order valence-electron chi connectivity index (χ3n) is 2.46. The fourth-order valence-electron chi connectivity index (χ4n) is 1.71. The molecule has 0 aliphatic carbocycles. The summed E-state index contributed by atoms with van der Waals surface area (Å²) in [4.78, 5) is 11.9. The van der Waals surface area contributed by atoms with Gasteiger partial charge >= 0.3 is 12.1 Å². The molecule has 0 unspecified atom stereocenters. The van der Waals surface area contributed by atoms with Crippen molar-refractivity contribution in [2.45, 2.75) is 13.1 Å². The van der Waals surface area contributed by atoms with Gasteiger partial charge in [-0.1, -0.05) is 6.07 Å². The number of nitrogens with zero attached hydrogens (tertiary/aromatic N) is 1. The van der Waals surface area contributed by atoms with Gasteiger partial charge in [-0.3, -0.25) is 0 Å². The zero-order valence-electron chi connectivity index (χ0n) is 10.2. The lowest BCUT2D eigenvalue weighted by molar-refractivity contribution is -0.119. The monoisotopic (exact) mass is 277 g/mol. The van der Waals surface area contributed by atoms with Gasteiger partial charge in [0.1, 0.15) is 6.54 Å². The lowest BCUT2D eigenvalue weighted by Gasteiger charge is -2.26. The predicted molar refractivity (Wildman–Crippen MR) is 63.5 cm³/mol. The number of carbonyl (C=O) groups is 1. The van der Waals surface area contributed by atoms with Crippen LogP contribution in [0.15, 0.2) is 18.2 Å². The molecule has 0 aliphatic rings. The summed E-state index contributed by atoms with van der Waals surface area (Å²) >= 11 is 0. The van der Waals surface area contributed by atoms with Crippen molar-refractivity contribution in [1.82, 2.24) is 0 Å². The minimum Gasteiger partial charge on any atom is -0.478 e. The number of anilines is 1. The van der Waals surface area contributed by atoms with Gasteiger partial charge in [-0.05, 0) is 24.6 Å². The zero-order chi connectivity index (χ0) is 14.6. The van der Waals surface area contributed by atoms with E-state index < -0.39 is 25.3 Å². The van der Waals surface area contributed by atoms with Crippen LogP contribution in [0.25, 0.3) is 0 Å². The van der Waals surface area contributed by atoms with Gasteiger partial charge in [-0.2, -0.15) is 13.2 Å². The number of carboxylic acids is 1. The fraction of sp³-hybridized carbons (Fsp3) is 0.417. The van der Waals surface area contributed by atoms with Gasteiger partial charge in [0.2, 0.25) is 0 Å². The molecule has 0 spiro atoms. The summed E-state index contributed by atoms with van der Waals surface area (Å²) in [5.74, 6) is -1.31. The highest BCUT2D eigenvalue weighted by Gasteiger charge is 2.32. The quantitative estimate of drug-likeness (QED) is 0.864. The molecule has 4 nitrogen and oxygen atoms in total. The number of hydrogen-bond acceptors (Lipinski definition) is 3. The summed E-state index contributed by atoms with van der Waals surface area (Å²) < 4.78 is 37.4. The molecule has 106 valence electrons. The second kappa shape index (κ2) is 5.92. The van der Waals surface area contributed by atoms with E-state index in [1.54, 1.807) is 6.92 Å². The van der Waals surface area contributed by atoms with Crippen molar-refractivity contribution in [2.24, 2.45) is 0 Å². The summed E-state index contributed by atoms with van der Waals surface area (Å²) in [6.45, 7) is -0.441. The third-order valence-corrected chi connectivity index (χ3v) is 2.46. The number of halogens is 3. The van der Waals surface area contributed by atoms with Crippen LogP contribution in [0.3, 0.4) is 0 Å². The SMILES string of the molecule is Cc1ccc(C(=O)O)c(N(CCO)CC(F)(F)F)c1. The maximum atomic E-state index is 12.5. The van der Waals surface area contributed by atoms with E-state index in [4.69, 9.17) is 10.2 Å². The highest BCUT2D eigenvalue weighted by Crippen LogP contribution is 2.26. The lowest BCUT2D eigenvalue weighted by atomic mass is 10.1. The van der Waals surface area contributed by atoms with Crippen LogP contribution >= 0.6 is 0 Å². The van der Waals surface area contributed by atoms with Crippen LogP contribution < -0.4 is 4.90 Å². The highest BCUT2D eigenvalue weighted by atomic mass is 19.4. The molecule has 1 aromatic rings. The van der Waals surface area contributed by atoms with Gasteiger partial charge in [-0.25, -0.2) is 4.79 Å². The normalized spacial score (nSPS) is 11.4. The summed E-state index contributed by atoms with van der Waals surface area (Å²) in [6.07, 6.45) is -4.48. The van der Waals surface area contributed by atoms with E-state index in [2.05, 4.69) is 0 Å². The largest absolute Gasteiger partial charge is 0.478 e. The second-order valence-corrected chi connectivity index (χ2v) is 4.09. The van der Waals surface area contributed by atoms with Crippen molar-refractivity contribution in [3.8, 4) is 0 Å². The molecule has 2 N–H and O–H groups in total. The number of hydrogen-bond donors (Lipinski definition) is 2. The molecule has 7 heteroatoms. The molecule has 0 radical (unpaired) electrons. The standard InChI is InChI=1S/C12H14F3NO3/c1-8-2-3-9(11(18)19)10(6-8)16(4-5-17)7-12(13,14)15/h2-3,6,17H,4-5,7H2,1H3,(H,18,19). The van der Waals surface area contributed by atoms with Crippen molar-refractivity contribution < 1.29 is 28.2 Å². The molecule has 0 saturated heterocycles. The molecule has 0 aromatic heterocycles. The lowest BCUT2D eigenvalue weighted by Crippen LogP contribution is -2.37. The average molecular weight is 277 g/mol. The third kappa shape index (κ3) is 4.44. The minimum absolute atomic E-state index is 0.0427. The average Bonchev–Trinajstić information content (AvgIpc) is 2.26. The number of benzene rings is 1. The molecule has 1 rings (SSSR count). The van der Waals surface area contributed by atoms with Crippen molar-refractivity contribution in [3.63, 3.8) is 0 Å². The van der Waals surface area contributed by atoms with Crippen molar-refractivity contribution >= 4 is 11.7 Å². The first-order chi connectivity index (χ1) is 8.74. The van der Waals surface area contributed by atoms with Crippen molar-refractivity contribution in [3.05, 3.63) is 29.3 Å². The van der Waals surface area contributed by atoms with Crippen LogP contribution in [-0.4, -0.2) is 42.1 Å². The Hall–Kier alpha value is -1.76. The smallest absolute Gasteiger partial charge is 0.405 e. The van der Waals surface area contributed by atoms with Gasteiger partial charge in [0, 0.05) is 6.54 Å². The van der Waals surface area contributed by atoms with Gasteiger partial charge in [-0.15, -0.1) is 0 Å². The molecule has 0 saturated carbocycles. The van der Waals surface area contributed by atoms with Gasteiger partial charge in [0.05, 0.1) is 17.9 Å². The Balaban J connectivity index is 3.20. The summed E-state index contributed by atoms with van der Waals surface area (Å²) in [7, 11) is 0. The molecular weight excluding hydrogens is 263 g/mol. The van der Waals surface area contributed by atoms with Crippen LogP contribution in [0, 0.1) is 6.92 Å².